The van der Waals surface area contributed by atoms with Gasteiger partial charge in [0.05, 0.1) is 5.41 Å². The fourth-order valence-corrected chi connectivity index (χ4v) is 2.05. The van der Waals surface area contributed by atoms with Gasteiger partial charge in [0.1, 0.15) is 0 Å². The SMILES string of the molecule is CCCNC(=O)C1(CC)CCCNC1. The van der Waals surface area contributed by atoms with Gasteiger partial charge in [-0.05, 0) is 32.2 Å². The minimum atomic E-state index is -0.132. The van der Waals surface area contributed by atoms with Crippen molar-refractivity contribution in [3.8, 4) is 0 Å². The van der Waals surface area contributed by atoms with Crippen molar-refractivity contribution in [2.45, 2.75) is 39.5 Å². The fourth-order valence-electron chi connectivity index (χ4n) is 2.05. The Hall–Kier alpha value is -0.570. The first-order valence-corrected chi connectivity index (χ1v) is 5.74. The Labute approximate surface area is 86.6 Å². The Bertz CT molecular complexity index is 186. The van der Waals surface area contributed by atoms with Gasteiger partial charge in [0, 0.05) is 13.1 Å². The predicted molar refractivity (Wildman–Crippen MR) is 58.1 cm³/mol. The van der Waals surface area contributed by atoms with Crippen LogP contribution >= 0.6 is 0 Å². The highest BCUT2D eigenvalue weighted by Crippen LogP contribution is 2.29. The van der Waals surface area contributed by atoms with E-state index < -0.39 is 0 Å². The van der Waals surface area contributed by atoms with E-state index in [0.29, 0.717) is 0 Å². The van der Waals surface area contributed by atoms with E-state index in [9.17, 15) is 4.79 Å². The number of carbonyl (C=O) groups is 1. The first kappa shape index (κ1) is 11.5. The minimum Gasteiger partial charge on any atom is -0.356 e. The molecule has 1 atom stereocenters. The summed E-state index contributed by atoms with van der Waals surface area (Å²) in [6.07, 6.45) is 4.11. The quantitative estimate of drug-likeness (QED) is 0.714. The van der Waals surface area contributed by atoms with Crippen LogP contribution in [0.3, 0.4) is 0 Å². The number of nitrogens with one attached hydrogen (secondary N) is 2. The molecule has 2 N–H and O–H groups in total. The summed E-state index contributed by atoms with van der Waals surface area (Å²) in [5, 5.41) is 6.34. The Morgan fingerprint density at radius 2 is 2.29 bits per heavy atom. The standard InChI is InChI=1S/C11H22N2O/c1-3-7-13-10(14)11(4-2)6-5-8-12-9-11/h12H,3-9H2,1-2H3,(H,13,14). The Morgan fingerprint density at radius 1 is 1.50 bits per heavy atom. The first-order chi connectivity index (χ1) is 6.75. The van der Waals surface area contributed by atoms with E-state index in [1.54, 1.807) is 0 Å². The molecule has 1 rings (SSSR count). The van der Waals surface area contributed by atoms with Gasteiger partial charge in [-0.15, -0.1) is 0 Å². The molecule has 1 saturated heterocycles. The average molecular weight is 198 g/mol. The molecule has 82 valence electrons. The zero-order valence-corrected chi connectivity index (χ0v) is 9.36. The molecule has 1 aliphatic rings. The molecule has 0 spiro atoms. The summed E-state index contributed by atoms with van der Waals surface area (Å²) in [6, 6.07) is 0. The zero-order valence-electron chi connectivity index (χ0n) is 9.36. The maximum Gasteiger partial charge on any atom is 0.227 e. The minimum absolute atomic E-state index is 0.132. The molecular weight excluding hydrogens is 176 g/mol. The Morgan fingerprint density at radius 3 is 2.79 bits per heavy atom. The lowest BCUT2D eigenvalue weighted by atomic mass is 9.77. The number of hydrogen-bond donors (Lipinski definition) is 2. The summed E-state index contributed by atoms with van der Waals surface area (Å²) in [5.74, 6) is 0.244. The lowest BCUT2D eigenvalue weighted by Gasteiger charge is -2.35. The molecule has 0 radical (unpaired) electrons. The van der Waals surface area contributed by atoms with Crippen molar-refractivity contribution in [2.75, 3.05) is 19.6 Å². The number of piperidine rings is 1. The first-order valence-electron chi connectivity index (χ1n) is 5.74. The van der Waals surface area contributed by atoms with Crippen molar-refractivity contribution in [2.24, 2.45) is 5.41 Å². The lowest BCUT2D eigenvalue weighted by Crippen LogP contribution is -2.50. The van der Waals surface area contributed by atoms with Crippen LogP contribution in [0.4, 0.5) is 0 Å². The van der Waals surface area contributed by atoms with Crippen molar-refractivity contribution in [1.82, 2.24) is 10.6 Å². The van der Waals surface area contributed by atoms with Crippen molar-refractivity contribution >= 4 is 5.91 Å². The molecule has 1 amide bonds. The highest BCUT2D eigenvalue weighted by Gasteiger charge is 2.37. The number of carbonyl (C=O) groups excluding carboxylic acids is 1. The molecule has 0 aliphatic carbocycles. The van der Waals surface area contributed by atoms with Gasteiger partial charge in [-0.1, -0.05) is 13.8 Å². The lowest BCUT2D eigenvalue weighted by molar-refractivity contribution is -0.132. The molecule has 14 heavy (non-hydrogen) atoms. The van der Waals surface area contributed by atoms with Gasteiger partial charge >= 0.3 is 0 Å². The van der Waals surface area contributed by atoms with Crippen LogP contribution in [0.5, 0.6) is 0 Å². The Kier molecular flexibility index (Phi) is 4.39. The van der Waals surface area contributed by atoms with E-state index in [4.69, 9.17) is 0 Å². The van der Waals surface area contributed by atoms with E-state index >= 15 is 0 Å². The fraction of sp³-hybridized carbons (Fsp3) is 0.909. The van der Waals surface area contributed by atoms with E-state index in [1.165, 1.54) is 0 Å². The summed E-state index contributed by atoms with van der Waals surface area (Å²) < 4.78 is 0. The van der Waals surface area contributed by atoms with Crippen LogP contribution in [0.25, 0.3) is 0 Å². The predicted octanol–water partition coefficient (Wildman–Crippen LogP) is 1.29. The van der Waals surface area contributed by atoms with E-state index in [2.05, 4.69) is 24.5 Å². The second-order valence-corrected chi connectivity index (χ2v) is 4.17. The second-order valence-electron chi connectivity index (χ2n) is 4.17. The topological polar surface area (TPSA) is 41.1 Å². The van der Waals surface area contributed by atoms with Gasteiger partial charge in [0.25, 0.3) is 0 Å². The molecule has 1 unspecified atom stereocenters. The number of amides is 1. The third-order valence-electron chi connectivity index (χ3n) is 3.17. The molecule has 1 heterocycles. The highest BCUT2D eigenvalue weighted by atomic mass is 16.2. The zero-order chi connectivity index (χ0) is 10.4. The van der Waals surface area contributed by atoms with Crippen LogP contribution in [0.1, 0.15) is 39.5 Å². The molecule has 0 bridgehead atoms. The van der Waals surface area contributed by atoms with E-state index in [0.717, 1.165) is 45.3 Å². The molecule has 3 nitrogen and oxygen atoms in total. The molecule has 3 heteroatoms. The number of rotatable bonds is 4. The summed E-state index contributed by atoms with van der Waals surface area (Å²) in [7, 11) is 0. The highest BCUT2D eigenvalue weighted by molar-refractivity contribution is 5.82. The third-order valence-corrected chi connectivity index (χ3v) is 3.17. The van der Waals surface area contributed by atoms with Crippen molar-refractivity contribution in [3.63, 3.8) is 0 Å². The van der Waals surface area contributed by atoms with Crippen LogP contribution in [0, 0.1) is 5.41 Å². The van der Waals surface area contributed by atoms with Crippen LogP contribution in [0.15, 0.2) is 0 Å². The van der Waals surface area contributed by atoms with E-state index in [1.807, 2.05) is 0 Å². The van der Waals surface area contributed by atoms with Crippen molar-refractivity contribution in [1.29, 1.82) is 0 Å². The average Bonchev–Trinajstić information content (AvgIpc) is 2.26. The molecule has 0 aromatic heterocycles. The maximum absolute atomic E-state index is 12.0. The van der Waals surface area contributed by atoms with Crippen molar-refractivity contribution in [3.05, 3.63) is 0 Å². The summed E-state index contributed by atoms with van der Waals surface area (Å²) in [4.78, 5) is 12.0. The molecular formula is C11H22N2O. The van der Waals surface area contributed by atoms with Crippen LogP contribution in [-0.4, -0.2) is 25.5 Å². The van der Waals surface area contributed by atoms with Gasteiger partial charge in [0.2, 0.25) is 5.91 Å². The molecule has 0 saturated carbocycles. The van der Waals surface area contributed by atoms with Gasteiger partial charge in [0.15, 0.2) is 0 Å². The van der Waals surface area contributed by atoms with E-state index in [-0.39, 0.29) is 11.3 Å². The summed E-state index contributed by atoms with van der Waals surface area (Å²) in [6.45, 7) is 6.90. The second kappa shape index (κ2) is 5.35. The van der Waals surface area contributed by atoms with Crippen LogP contribution in [-0.2, 0) is 4.79 Å². The third kappa shape index (κ3) is 2.47. The summed E-state index contributed by atoms with van der Waals surface area (Å²) in [5.41, 5.74) is -0.132. The smallest absolute Gasteiger partial charge is 0.227 e. The van der Waals surface area contributed by atoms with Gasteiger partial charge < -0.3 is 10.6 Å². The Balaban J connectivity index is 2.53. The molecule has 1 aliphatic heterocycles. The van der Waals surface area contributed by atoms with Gasteiger partial charge in [-0.3, -0.25) is 4.79 Å². The maximum atomic E-state index is 12.0. The monoisotopic (exact) mass is 198 g/mol. The van der Waals surface area contributed by atoms with Gasteiger partial charge in [-0.2, -0.15) is 0 Å². The molecule has 0 aromatic carbocycles. The molecule has 0 aromatic rings. The van der Waals surface area contributed by atoms with Crippen LogP contribution in [0.2, 0.25) is 0 Å². The van der Waals surface area contributed by atoms with Crippen LogP contribution < -0.4 is 10.6 Å². The normalized spacial score (nSPS) is 27.3. The molecule has 1 fully saturated rings. The van der Waals surface area contributed by atoms with Crippen molar-refractivity contribution < 1.29 is 4.79 Å². The largest absolute Gasteiger partial charge is 0.356 e. The summed E-state index contributed by atoms with van der Waals surface area (Å²) >= 11 is 0. The van der Waals surface area contributed by atoms with Gasteiger partial charge in [-0.25, -0.2) is 0 Å². The number of hydrogen-bond acceptors (Lipinski definition) is 2.